The Balaban J connectivity index is 2.43. The van der Waals surface area contributed by atoms with Crippen LogP contribution in [0.1, 0.15) is 30.1 Å². The molecule has 0 aliphatic rings. The van der Waals surface area contributed by atoms with Gasteiger partial charge in [0.15, 0.2) is 0 Å². The number of hydrogen-bond donors (Lipinski definition) is 3. The van der Waals surface area contributed by atoms with Crippen LogP contribution in [-0.2, 0) is 4.79 Å². The maximum atomic E-state index is 13.0. The molecule has 1 rings (SSSR count). The van der Waals surface area contributed by atoms with Crippen molar-refractivity contribution in [2.45, 2.75) is 19.8 Å². The smallest absolute Gasteiger partial charge is 0.253 e. The van der Waals surface area contributed by atoms with Crippen molar-refractivity contribution in [1.82, 2.24) is 10.6 Å². The molecule has 0 spiro atoms. The van der Waals surface area contributed by atoms with Gasteiger partial charge in [-0.2, -0.15) is 0 Å². The molecular weight excluding hydrogens is 249 g/mol. The highest BCUT2D eigenvalue weighted by molar-refractivity contribution is 5.99. The van der Waals surface area contributed by atoms with E-state index in [1.54, 1.807) is 0 Å². The van der Waals surface area contributed by atoms with Crippen LogP contribution < -0.4 is 16.4 Å². The predicted octanol–water partition coefficient (Wildman–Crippen LogP) is 1.05. The molecule has 0 aliphatic carbocycles. The number of nitrogen functional groups attached to an aromatic ring is 1. The minimum Gasteiger partial charge on any atom is -0.398 e. The van der Waals surface area contributed by atoms with E-state index < -0.39 is 11.7 Å². The second kappa shape index (κ2) is 7.35. The number of carbonyl (C=O) groups is 2. The van der Waals surface area contributed by atoms with Crippen LogP contribution in [0.25, 0.3) is 0 Å². The summed E-state index contributed by atoms with van der Waals surface area (Å²) in [6.45, 7) is 2.75. The van der Waals surface area contributed by atoms with Gasteiger partial charge < -0.3 is 16.4 Å². The fourth-order valence-electron chi connectivity index (χ4n) is 1.46. The second-order valence-corrected chi connectivity index (χ2v) is 4.09. The molecule has 0 radical (unpaired) electrons. The number of halogens is 1. The number of nitrogens with one attached hydrogen (secondary N) is 2. The summed E-state index contributed by atoms with van der Waals surface area (Å²) in [6, 6.07) is 3.59. The lowest BCUT2D eigenvalue weighted by Crippen LogP contribution is -2.31. The molecule has 19 heavy (non-hydrogen) atoms. The number of carbonyl (C=O) groups excluding carboxylic acids is 2. The molecule has 0 atom stereocenters. The van der Waals surface area contributed by atoms with Gasteiger partial charge in [-0.05, 0) is 24.6 Å². The normalized spacial score (nSPS) is 10.0. The van der Waals surface area contributed by atoms with Gasteiger partial charge in [0, 0.05) is 25.2 Å². The van der Waals surface area contributed by atoms with Crippen LogP contribution in [0.3, 0.4) is 0 Å². The van der Waals surface area contributed by atoms with E-state index in [1.165, 1.54) is 12.1 Å². The lowest BCUT2D eigenvalue weighted by Gasteiger charge is -2.08. The third kappa shape index (κ3) is 4.95. The predicted molar refractivity (Wildman–Crippen MR) is 71.1 cm³/mol. The van der Waals surface area contributed by atoms with Crippen LogP contribution in [0, 0.1) is 5.82 Å². The van der Waals surface area contributed by atoms with Crippen molar-refractivity contribution in [3.8, 4) is 0 Å². The van der Waals surface area contributed by atoms with Crippen LogP contribution in [0.4, 0.5) is 10.1 Å². The van der Waals surface area contributed by atoms with Crippen LogP contribution in [0.5, 0.6) is 0 Å². The third-order valence-electron chi connectivity index (χ3n) is 2.47. The second-order valence-electron chi connectivity index (χ2n) is 4.09. The first-order valence-electron chi connectivity index (χ1n) is 6.14. The van der Waals surface area contributed by atoms with Gasteiger partial charge in [-0.25, -0.2) is 4.39 Å². The summed E-state index contributed by atoms with van der Waals surface area (Å²) in [7, 11) is 0. The van der Waals surface area contributed by atoms with Crippen molar-refractivity contribution in [2.24, 2.45) is 0 Å². The van der Waals surface area contributed by atoms with E-state index in [-0.39, 0.29) is 30.1 Å². The lowest BCUT2D eigenvalue weighted by atomic mass is 10.1. The van der Waals surface area contributed by atoms with Gasteiger partial charge >= 0.3 is 0 Å². The largest absolute Gasteiger partial charge is 0.398 e. The van der Waals surface area contributed by atoms with E-state index in [4.69, 9.17) is 5.73 Å². The molecule has 2 amide bonds. The quantitative estimate of drug-likeness (QED) is 0.674. The van der Waals surface area contributed by atoms with Gasteiger partial charge in [0.05, 0.1) is 5.56 Å². The van der Waals surface area contributed by atoms with E-state index in [0.29, 0.717) is 6.54 Å². The topological polar surface area (TPSA) is 84.2 Å². The zero-order chi connectivity index (χ0) is 14.3. The SMILES string of the molecule is CCCNC(=O)CCNC(=O)c1cc(F)ccc1N. The Labute approximate surface area is 111 Å². The van der Waals surface area contributed by atoms with Crippen LogP contribution in [-0.4, -0.2) is 24.9 Å². The summed E-state index contributed by atoms with van der Waals surface area (Å²) in [4.78, 5) is 23.0. The van der Waals surface area contributed by atoms with Crippen LogP contribution >= 0.6 is 0 Å². The summed E-state index contributed by atoms with van der Waals surface area (Å²) >= 11 is 0. The molecule has 4 N–H and O–H groups in total. The van der Waals surface area contributed by atoms with Crippen LogP contribution in [0.15, 0.2) is 18.2 Å². The summed E-state index contributed by atoms with van der Waals surface area (Å²) in [6.07, 6.45) is 1.04. The van der Waals surface area contributed by atoms with E-state index >= 15 is 0 Å². The van der Waals surface area contributed by atoms with E-state index in [0.717, 1.165) is 12.5 Å². The molecular formula is C13H18FN3O2. The number of hydrogen-bond acceptors (Lipinski definition) is 3. The maximum Gasteiger partial charge on any atom is 0.253 e. The molecule has 0 fully saturated rings. The Kier molecular flexibility index (Phi) is 5.78. The van der Waals surface area contributed by atoms with E-state index in [1.807, 2.05) is 6.92 Å². The summed E-state index contributed by atoms with van der Waals surface area (Å²) in [5.41, 5.74) is 5.86. The van der Waals surface area contributed by atoms with Gasteiger partial charge in [-0.3, -0.25) is 9.59 Å². The average Bonchev–Trinajstić information content (AvgIpc) is 2.39. The van der Waals surface area contributed by atoms with Crippen molar-refractivity contribution in [3.05, 3.63) is 29.6 Å². The molecule has 104 valence electrons. The minimum absolute atomic E-state index is 0.0777. The Morgan fingerprint density at radius 3 is 2.68 bits per heavy atom. The minimum atomic E-state index is -0.528. The summed E-state index contributed by atoms with van der Waals surface area (Å²) < 4.78 is 13.0. The van der Waals surface area contributed by atoms with E-state index in [2.05, 4.69) is 10.6 Å². The number of nitrogens with two attached hydrogens (primary N) is 1. The highest BCUT2D eigenvalue weighted by Crippen LogP contribution is 2.12. The van der Waals surface area contributed by atoms with Gasteiger partial charge in [-0.1, -0.05) is 6.92 Å². The fourth-order valence-corrected chi connectivity index (χ4v) is 1.46. The Hall–Kier alpha value is -2.11. The summed E-state index contributed by atoms with van der Waals surface area (Å²) in [5.74, 6) is -1.14. The first-order valence-corrected chi connectivity index (χ1v) is 6.14. The van der Waals surface area contributed by atoms with Gasteiger partial charge in [0.1, 0.15) is 5.82 Å². The monoisotopic (exact) mass is 267 g/mol. The molecule has 0 bridgehead atoms. The van der Waals surface area contributed by atoms with Gasteiger partial charge in [-0.15, -0.1) is 0 Å². The molecule has 0 saturated heterocycles. The molecule has 5 nitrogen and oxygen atoms in total. The average molecular weight is 267 g/mol. The van der Waals surface area contributed by atoms with Gasteiger partial charge in [0.2, 0.25) is 5.91 Å². The number of amides is 2. The molecule has 0 heterocycles. The lowest BCUT2D eigenvalue weighted by molar-refractivity contribution is -0.120. The molecule has 0 aromatic heterocycles. The molecule has 1 aromatic rings. The first kappa shape index (κ1) is 14.9. The summed E-state index contributed by atoms with van der Waals surface area (Å²) in [5, 5.41) is 5.22. The molecule has 1 aromatic carbocycles. The number of rotatable bonds is 6. The molecule has 6 heteroatoms. The highest BCUT2D eigenvalue weighted by Gasteiger charge is 2.10. The standard InChI is InChI=1S/C13H18FN3O2/c1-2-6-16-12(18)5-7-17-13(19)10-8-9(14)3-4-11(10)15/h3-4,8H,2,5-7,15H2,1H3,(H,16,18)(H,17,19). The van der Waals surface area contributed by atoms with Crippen molar-refractivity contribution in [1.29, 1.82) is 0 Å². The van der Waals surface area contributed by atoms with Crippen molar-refractivity contribution in [3.63, 3.8) is 0 Å². The van der Waals surface area contributed by atoms with E-state index in [9.17, 15) is 14.0 Å². The molecule has 0 aliphatic heterocycles. The zero-order valence-electron chi connectivity index (χ0n) is 10.8. The maximum absolute atomic E-state index is 13.0. The third-order valence-corrected chi connectivity index (χ3v) is 2.47. The first-order chi connectivity index (χ1) is 9.04. The number of anilines is 1. The van der Waals surface area contributed by atoms with Gasteiger partial charge in [0.25, 0.3) is 5.91 Å². The Morgan fingerprint density at radius 2 is 2.00 bits per heavy atom. The fraction of sp³-hybridized carbons (Fsp3) is 0.385. The highest BCUT2D eigenvalue weighted by atomic mass is 19.1. The molecule has 0 saturated carbocycles. The van der Waals surface area contributed by atoms with Crippen molar-refractivity contribution < 1.29 is 14.0 Å². The Morgan fingerprint density at radius 1 is 1.26 bits per heavy atom. The van der Waals surface area contributed by atoms with Crippen molar-refractivity contribution >= 4 is 17.5 Å². The van der Waals surface area contributed by atoms with Crippen LogP contribution in [0.2, 0.25) is 0 Å². The Bertz CT molecular complexity index is 463. The zero-order valence-corrected chi connectivity index (χ0v) is 10.8. The van der Waals surface area contributed by atoms with Crippen molar-refractivity contribution in [2.75, 3.05) is 18.8 Å². The molecule has 0 unspecified atom stereocenters. The number of benzene rings is 1.